The Morgan fingerprint density at radius 2 is 2.06 bits per heavy atom. The molecule has 1 saturated heterocycles. The maximum Gasteiger partial charge on any atom is 0.138 e. The van der Waals surface area contributed by atoms with E-state index in [1.165, 1.54) is 12.8 Å². The van der Waals surface area contributed by atoms with Gasteiger partial charge in [-0.15, -0.1) is 10.2 Å². The zero-order valence-corrected chi connectivity index (χ0v) is 10.8. The molecule has 0 amide bonds. The van der Waals surface area contributed by atoms with E-state index in [4.69, 9.17) is 0 Å². The van der Waals surface area contributed by atoms with Crippen molar-refractivity contribution in [1.82, 2.24) is 20.1 Å². The van der Waals surface area contributed by atoms with E-state index in [1.54, 1.807) is 0 Å². The summed E-state index contributed by atoms with van der Waals surface area (Å²) in [5.41, 5.74) is 0. The minimum absolute atomic E-state index is 0.200. The van der Waals surface area contributed by atoms with Gasteiger partial charge in [-0.25, -0.2) is 0 Å². The molecule has 3 heterocycles. The van der Waals surface area contributed by atoms with Crippen LogP contribution in [0.4, 0.5) is 0 Å². The second-order valence-electron chi connectivity index (χ2n) is 5.55. The largest absolute Gasteiger partial charge is 0.396 e. The molecule has 0 bridgehead atoms. The number of nitrogens with one attached hydrogen (secondary N) is 1. The Balaban J connectivity index is 1.74. The molecule has 2 aliphatic heterocycles. The van der Waals surface area contributed by atoms with E-state index in [1.807, 2.05) is 0 Å². The number of hydrogen-bond donors (Lipinski definition) is 2. The highest BCUT2D eigenvalue weighted by molar-refractivity contribution is 5.06. The quantitative estimate of drug-likeness (QED) is 0.828. The van der Waals surface area contributed by atoms with Crippen molar-refractivity contribution in [3.05, 3.63) is 11.6 Å². The third-order valence-corrected chi connectivity index (χ3v) is 4.31. The van der Waals surface area contributed by atoms with Crippen LogP contribution < -0.4 is 5.32 Å². The van der Waals surface area contributed by atoms with Crippen molar-refractivity contribution in [3.8, 4) is 0 Å². The Labute approximate surface area is 108 Å². The topological polar surface area (TPSA) is 63.0 Å². The van der Waals surface area contributed by atoms with E-state index in [0.29, 0.717) is 0 Å². The zero-order valence-electron chi connectivity index (χ0n) is 10.8. The summed E-state index contributed by atoms with van der Waals surface area (Å²) in [5, 5.41) is 21.5. The fraction of sp³-hybridized carbons (Fsp3) is 0.846. The van der Waals surface area contributed by atoms with Crippen molar-refractivity contribution in [2.24, 2.45) is 5.92 Å². The summed E-state index contributed by atoms with van der Waals surface area (Å²) in [5.74, 6) is 3.09. The molecule has 0 radical (unpaired) electrons. The summed E-state index contributed by atoms with van der Waals surface area (Å²) < 4.78 is 2.26. The van der Waals surface area contributed by atoms with Crippen LogP contribution in [-0.2, 0) is 13.0 Å². The summed E-state index contributed by atoms with van der Waals surface area (Å²) in [6.45, 7) is 3.49. The molecule has 0 saturated carbocycles. The van der Waals surface area contributed by atoms with Gasteiger partial charge in [-0.05, 0) is 44.7 Å². The van der Waals surface area contributed by atoms with Gasteiger partial charge in [0.2, 0.25) is 0 Å². The molecule has 0 aliphatic carbocycles. The lowest BCUT2D eigenvalue weighted by molar-refractivity contribution is 0.236. The van der Waals surface area contributed by atoms with Crippen molar-refractivity contribution >= 4 is 0 Å². The van der Waals surface area contributed by atoms with Gasteiger partial charge < -0.3 is 15.0 Å². The average molecular weight is 250 g/mol. The van der Waals surface area contributed by atoms with Gasteiger partial charge in [-0.2, -0.15) is 0 Å². The van der Waals surface area contributed by atoms with Crippen LogP contribution in [0, 0.1) is 5.92 Å². The number of fused-ring (bicyclic) bond motifs is 1. The lowest BCUT2D eigenvalue weighted by atomic mass is 9.94. The molecule has 1 unspecified atom stereocenters. The number of aromatic nitrogens is 3. The standard InChI is InChI=1S/C13H22N4O/c18-9-11-2-1-7-17-12(15-16-13(11)17)8-10-3-5-14-6-4-10/h10-11,14,18H,1-9H2. The molecule has 3 rings (SSSR count). The number of piperidine rings is 1. The molecular weight excluding hydrogens is 228 g/mol. The van der Waals surface area contributed by atoms with E-state index < -0.39 is 0 Å². The molecule has 1 fully saturated rings. The Kier molecular flexibility index (Phi) is 3.61. The lowest BCUT2D eigenvalue weighted by Crippen LogP contribution is -2.29. The number of rotatable bonds is 3. The van der Waals surface area contributed by atoms with Gasteiger partial charge in [0.15, 0.2) is 0 Å². The molecule has 5 nitrogen and oxygen atoms in total. The highest BCUT2D eigenvalue weighted by Gasteiger charge is 2.26. The van der Waals surface area contributed by atoms with E-state index in [-0.39, 0.29) is 12.5 Å². The first-order valence-electron chi connectivity index (χ1n) is 7.12. The highest BCUT2D eigenvalue weighted by Crippen LogP contribution is 2.27. The summed E-state index contributed by atoms with van der Waals surface area (Å²) in [4.78, 5) is 0. The fourth-order valence-corrected chi connectivity index (χ4v) is 3.19. The second kappa shape index (κ2) is 5.36. The first-order valence-corrected chi connectivity index (χ1v) is 7.12. The number of nitrogens with zero attached hydrogens (tertiary/aromatic N) is 3. The van der Waals surface area contributed by atoms with Gasteiger partial charge in [0, 0.05) is 18.9 Å². The van der Waals surface area contributed by atoms with Crippen LogP contribution in [0.5, 0.6) is 0 Å². The normalized spacial score (nSPS) is 25.1. The molecule has 18 heavy (non-hydrogen) atoms. The Bertz CT molecular complexity index is 398. The second-order valence-corrected chi connectivity index (χ2v) is 5.55. The molecule has 5 heteroatoms. The van der Waals surface area contributed by atoms with E-state index in [0.717, 1.165) is 56.5 Å². The maximum absolute atomic E-state index is 9.38. The van der Waals surface area contributed by atoms with Gasteiger partial charge in [0.1, 0.15) is 11.6 Å². The number of aliphatic hydroxyl groups excluding tert-OH is 1. The van der Waals surface area contributed by atoms with E-state index in [2.05, 4.69) is 20.1 Å². The SMILES string of the molecule is OCC1CCCn2c(CC3CCNCC3)nnc21. The highest BCUT2D eigenvalue weighted by atomic mass is 16.3. The molecule has 2 N–H and O–H groups in total. The predicted octanol–water partition coefficient (Wildman–Crippen LogP) is 0.690. The first kappa shape index (κ1) is 12.1. The number of aliphatic hydroxyl groups is 1. The van der Waals surface area contributed by atoms with Crippen LogP contribution in [0.3, 0.4) is 0 Å². The molecule has 1 aromatic rings. The van der Waals surface area contributed by atoms with Gasteiger partial charge in [-0.1, -0.05) is 0 Å². The fourth-order valence-electron chi connectivity index (χ4n) is 3.19. The van der Waals surface area contributed by atoms with Crippen LogP contribution in [0.25, 0.3) is 0 Å². The summed E-state index contributed by atoms with van der Waals surface area (Å²) >= 11 is 0. The molecule has 2 aliphatic rings. The maximum atomic E-state index is 9.38. The van der Waals surface area contributed by atoms with Crippen LogP contribution in [0.15, 0.2) is 0 Å². The molecule has 100 valence electrons. The Morgan fingerprint density at radius 3 is 2.83 bits per heavy atom. The summed E-state index contributed by atoms with van der Waals surface area (Å²) in [7, 11) is 0. The third-order valence-electron chi connectivity index (χ3n) is 4.31. The van der Waals surface area contributed by atoms with Crippen molar-refractivity contribution in [3.63, 3.8) is 0 Å². The summed E-state index contributed by atoms with van der Waals surface area (Å²) in [6, 6.07) is 0. The Morgan fingerprint density at radius 1 is 1.22 bits per heavy atom. The van der Waals surface area contributed by atoms with Gasteiger partial charge in [0.25, 0.3) is 0 Å². The predicted molar refractivity (Wildman–Crippen MR) is 68.4 cm³/mol. The van der Waals surface area contributed by atoms with E-state index in [9.17, 15) is 5.11 Å². The van der Waals surface area contributed by atoms with Crippen LogP contribution >= 0.6 is 0 Å². The molecular formula is C13H22N4O. The van der Waals surface area contributed by atoms with Gasteiger partial charge >= 0.3 is 0 Å². The van der Waals surface area contributed by atoms with Crippen LogP contribution in [0.2, 0.25) is 0 Å². The van der Waals surface area contributed by atoms with Gasteiger partial charge in [0.05, 0.1) is 6.61 Å². The molecule has 0 spiro atoms. The third kappa shape index (κ3) is 2.29. The van der Waals surface area contributed by atoms with Crippen molar-refractivity contribution in [2.45, 2.75) is 44.6 Å². The monoisotopic (exact) mass is 250 g/mol. The van der Waals surface area contributed by atoms with Crippen molar-refractivity contribution in [1.29, 1.82) is 0 Å². The van der Waals surface area contributed by atoms with Crippen LogP contribution in [0.1, 0.15) is 43.3 Å². The summed E-state index contributed by atoms with van der Waals surface area (Å²) in [6.07, 6.45) is 5.71. The zero-order chi connectivity index (χ0) is 12.4. The number of hydrogen-bond acceptors (Lipinski definition) is 4. The lowest BCUT2D eigenvalue weighted by Gasteiger charge is -2.25. The molecule has 1 aromatic heterocycles. The average Bonchev–Trinajstić information content (AvgIpc) is 2.83. The van der Waals surface area contributed by atoms with Crippen molar-refractivity contribution in [2.75, 3.05) is 19.7 Å². The van der Waals surface area contributed by atoms with Gasteiger partial charge in [-0.3, -0.25) is 0 Å². The minimum Gasteiger partial charge on any atom is -0.396 e. The molecule has 1 atom stereocenters. The van der Waals surface area contributed by atoms with Crippen molar-refractivity contribution < 1.29 is 5.11 Å². The smallest absolute Gasteiger partial charge is 0.138 e. The Hall–Kier alpha value is -0.940. The van der Waals surface area contributed by atoms with Crippen LogP contribution in [-0.4, -0.2) is 39.6 Å². The molecule has 0 aromatic carbocycles. The minimum atomic E-state index is 0.200. The first-order chi connectivity index (χ1) is 8.88. The van der Waals surface area contributed by atoms with E-state index >= 15 is 0 Å².